The first-order valence-electron chi connectivity index (χ1n) is 6.99. The normalized spacial score (nSPS) is 10.9. The van der Waals surface area contributed by atoms with E-state index in [9.17, 15) is 9.59 Å². The van der Waals surface area contributed by atoms with Crippen LogP contribution < -0.4 is 4.74 Å². The first-order valence-corrected chi connectivity index (χ1v) is 7.37. The van der Waals surface area contributed by atoms with Gasteiger partial charge in [0.05, 0.1) is 20.8 Å². The maximum absolute atomic E-state index is 12.1. The minimum atomic E-state index is -0.743. The molecule has 1 aromatic rings. The van der Waals surface area contributed by atoms with Crippen molar-refractivity contribution in [2.75, 3.05) is 20.8 Å². The zero-order chi connectivity index (χ0) is 17.2. The lowest BCUT2D eigenvalue weighted by atomic mass is 10.2. The minimum absolute atomic E-state index is 0.111. The van der Waals surface area contributed by atoms with Gasteiger partial charge >= 0.3 is 11.9 Å². The molecule has 1 rings (SSSR count). The van der Waals surface area contributed by atoms with Crippen LogP contribution in [0.15, 0.2) is 30.2 Å². The lowest BCUT2D eigenvalue weighted by Crippen LogP contribution is -2.14. The van der Waals surface area contributed by atoms with Crippen molar-refractivity contribution in [3.8, 4) is 5.75 Å². The third kappa shape index (κ3) is 5.83. The van der Waals surface area contributed by atoms with E-state index in [1.807, 2.05) is 6.92 Å². The monoisotopic (exact) mass is 342 g/mol. The molecular weight excluding hydrogens is 324 g/mol. The molecule has 0 spiro atoms. The second-order valence-electron chi connectivity index (χ2n) is 4.44. The molecule has 0 saturated carbocycles. The van der Waals surface area contributed by atoms with E-state index in [1.54, 1.807) is 0 Å². The second-order valence-corrected chi connectivity index (χ2v) is 4.88. The summed E-state index contributed by atoms with van der Waals surface area (Å²) in [5.41, 5.74) is 0.111. The van der Waals surface area contributed by atoms with Crippen LogP contribution in [0.2, 0.25) is 5.02 Å². The summed E-state index contributed by atoms with van der Waals surface area (Å²) >= 11 is 5.92. The third-order valence-corrected chi connectivity index (χ3v) is 2.96. The maximum atomic E-state index is 12.1. The zero-order valence-corrected chi connectivity index (χ0v) is 14.0. The lowest BCUT2D eigenvalue weighted by molar-refractivity contribution is -0.138. The minimum Gasteiger partial charge on any atom is -0.500 e. The molecule has 0 unspecified atom stereocenters. The van der Waals surface area contributed by atoms with Crippen molar-refractivity contribution in [2.45, 2.75) is 19.8 Å². The second kappa shape index (κ2) is 9.74. The van der Waals surface area contributed by atoms with Gasteiger partial charge in [-0.2, -0.15) is 0 Å². The fourth-order valence-corrected chi connectivity index (χ4v) is 1.75. The SMILES string of the molecule is CCCCOC(=O)c1cc(Cl)ccc1OC(=COC)C(=O)OC. The van der Waals surface area contributed by atoms with Gasteiger partial charge in [0.1, 0.15) is 17.6 Å². The lowest BCUT2D eigenvalue weighted by Gasteiger charge is -2.12. The number of methoxy groups -OCH3 is 2. The van der Waals surface area contributed by atoms with Gasteiger partial charge in [0.15, 0.2) is 0 Å². The van der Waals surface area contributed by atoms with Gasteiger partial charge < -0.3 is 18.9 Å². The Labute approximate surface area is 139 Å². The van der Waals surface area contributed by atoms with Crippen molar-refractivity contribution in [3.63, 3.8) is 0 Å². The van der Waals surface area contributed by atoms with Crippen molar-refractivity contribution < 1.29 is 28.5 Å². The van der Waals surface area contributed by atoms with Crippen LogP contribution in [0.3, 0.4) is 0 Å². The van der Waals surface area contributed by atoms with Gasteiger partial charge in [-0.1, -0.05) is 24.9 Å². The molecule has 0 atom stereocenters. The highest BCUT2D eigenvalue weighted by atomic mass is 35.5. The summed E-state index contributed by atoms with van der Waals surface area (Å²) in [7, 11) is 2.56. The number of benzene rings is 1. The van der Waals surface area contributed by atoms with Crippen molar-refractivity contribution in [2.24, 2.45) is 0 Å². The standard InChI is InChI=1S/C16H19ClO6/c1-4-5-8-22-15(18)12-9-11(17)6-7-13(12)23-14(10-20-2)16(19)21-3/h6-7,9-10H,4-5,8H2,1-3H3. The summed E-state index contributed by atoms with van der Waals surface area (Å²) < 4.78 is 19.9. The van der Waals surface area contributed by atoms with E-state index in [0.29, 0.717) is 11.6 Å². The molecule has 0 amide bonds. The molecular formula is C16H19ClO6. The van der Waals surface area contributed by atoms with Gasteiger partial charge in [0.25, 0.3) is 0 Å². The Morgan fingerprint density at radius 1 is 1.26 bits per heavy atom. The predicted molar refractivity (Wildman–Crippen MR) is 84.4 cm³/mol. The topological polar surface area (TPSA) is 71.1 Å². The van der Waals surface area contributed by atoms with Crippen molar-refractivity contribution >= 4 is 23.5 Å². The number of esters is 2. The average molecular weight is 343 g/mol. The molecule has 7 heteroatoms. The molecule has 0 fully saturated rings. The Morgan fingerprint density at radius 3 is 2.61 bits per heavy atom. The van der Waals surface area contributed by atoms with E-state index in [0.717, 1.165) is 19.1 Å². The predicted octanol–water partition coefficient (Wildman–Crippen LogP) is 3.34. The molecule has 126 valence electrons. The van der Waals surface area contributed by atoms with Gasteiger partial charge in [-0.15, -0.1) is 0 Å². The molecule has 6 nitrogen and oxygen atoms in total. The molecule has 23 heavy (non-hydrogen) atoms. The molecule has 0 bridgehead atoms. The fraction of sp³-hybridized carbons (Fsp3) is 0.375. The number of hydrogen-bond donors (Lipinski definition) is 0. The highest BCUT2D eigenvalue weighted by molar-refractivity contribution is 6.31. The van der Waals surface area contributed by atoms with E-state index in [-0.39, 0.29) is 17.1 Å². The van der Waals surface area contributed by atoms with Gasteiger partial charge in [0, 0.05) is 5.02 Å². The zero-order valence-electron chi connectivity index (χ0n) is 13.3. The van der Waals surface area contributed by atoms with E-state index >= 15 is 0 Å². The number of carbonyl (C=O) groups excluding carboxylic acids is 2. The largest absolute Gasteiger partial charge is 0.500 e. The van der Waals surface area contributed by atoms with E-state index < -0.39 is 11.9 Å². The molecule has 0 aliphatic rings. The first kappa shape index (κ1) is 18.8. The third-order valence-electron chi connectivity index (χ3n) is 2.72. The van der Waals surface area contributed by atoms with E-state index in [2.05, 4.69) is 4.74 Å². The summed E-state index contributed by atoms with van der Waals surface area (Å²) in [6.45, 7) is 2.28. The molecule has 0 aliphatic carbocycles. The van der Waals surface area contributed by atoms with E-state index in [4.69, 9.17) is 25.8 Å². The Bertz CT molecular complexity index is 582. The Balaban J connectivity index is 3.04. The molecule has 0 N–H and O–H groups in total. The summed E-state index contributed by atoms with van der Waals surface area (Å²) in [5, 5.41) is 0.343. The van der Waals surface area contributed by atoms with Gasteiger partial charge in [-0.25, -0.2) is 9.59 Å². The summed E-state index contributed by atoms with van der Waals surface area (Å²) in [6, 6.07) is 4.40. The Kier molecular flexibility index (Phi) is 7.97. The molecule has 0 radical (unpaired) electrons. The van der Waals surface area contributed by atoms with Crippen LogP contribution in [0.4, 0.5) is 0 Å². The van der Waals surface area contributed by atoms with Crippen LogP contribution in [0.1, 0.15) is 30.1 Å². The first-order chi connectivity index (χ1) is 11.0. The summed E-state index contributed by atoms with van der Waals surface area (Å²) in [5.74, 6) is -1.42. The fourth-order valence-electron chi connectivity index (χ4n) is 1.58. The molecule has 1 aromatic carbocycles. The number of halogens is 1. The quantitative estimate of drug-likeness (QED) is 0.312. The van der Waals surface area contributed by atoms with Gasteiger partial charge in [-0.3, -0.25) is 0 Å². The number of rotatable bonds is 8. The van der Waals surface area contributed by atoms with Crippen molar-refractivity contribution in [3.05, 3.63) is 40.8 Å². The highest BCUT2D eigenvalue weighted by Gasteiger charge is 2.20. The van der Waals surface area contributed by atoms with Crippen LogP contribution >= 0.6 is 11.6 Å². The smallest absolute Gasteiger partial charge is 0.377 e. The number of ether oxygens (including phenoxy) is 4. The Hall–Kier alpha value is -2.21. The molecule has 0 saturated heterocycles. The number of hydrogen-bond acceptors (Lipinski definition) is 6. The van der Waals surface area contributed by atoms with Gasteiger partial charge in [0.2, 0.25) is 5.76 Å². The van der Waals surface area contributed by atoms with Crippen molar-refractivity contribution in [1.82, 2.24) is 0 Å². The van der Waals surface area contributed by atoms with Crippen LogP contribution in [0.25, 0.3) is 0 Å². The highest BCUT2D eigenvalue weighted by Crippen LogP contribution is 2.26. The van der Waals surface area contributed by atoms with Crippen LogP contribution in [-0.4, -0.2) is 32.8 Å². The van der Waals surface area contributed by atoms with Gasteiger partial charge in [-0.05, 0) is 24.6 Å². The number of unbranched alkanes of at least 4 members (excludes halogenated alkanes) is 1. The average Bonchev–Trinajstić information content (AvgIpc) is 2.55. The molecule has 0 aromatic heterocycles. The summed E-state index contributed by atoms with van der Waals surface area (Å²) in [4.78, 5) is 23.8. The van der Waals surface area contributed by atoms with Crippen LogP contribution in [0.5, 0.6) is 5.75 Å². The maximum Gasteiger partial charge on any atom is 0.377 e. The molecule has 0 aliphatic heterocycles. The van der Waals surface area contributed by atoms with Crippen LogP contribution in [-0.2, 0) is 19.0 Å². The van der Waals surface area contributed by atoms with E-state index in [1.165, 1.54) is 32.4 Å². The van der Waals surface area contributed by atoms with Crippen molar-refractivity contribution in [1.29, 1.82) is 0 Å². The Morgan fingerprint density at radius 2 is 2.00 bits per heavy atom. The molecule has 0 heterocycles. The van der Waals surface area contributed by atoms with Crippen LogP contribution in [0, 0.1) is 0 Å². The summed E-state index contributed by atoms with van der Waals surface area (Å²) in [6.07, 6.45) is 2.72. The number of carbonyl (C=O) groups is 2.